The van der Waals surface area contributed by atoms with Crippen molar-refractivity contribution >= 4 is 34.8 Å². The predicted octanol–water partition coefficient (Wildman–Crippen LogP) is 1.86. The van der Waals surface area contributed by atoms with Gasteiger partial charge in [0, 0.05) is 0 Å². The van der Waals surface area contributed by atoms with E-state index in [-0.39, 0.29) is 0 Å². The molecule has 0 saturated heterocycles. The van der Waals surface area contributed by atoms with Crippen LogP contribution >= 0.6 is 34.8 Å². The van der Waals surface area contributed by atoms with Gasteiger partial charge in [-0.1, -0.05) is 0 Å². The first-order valence-electron chi connectivity index (χ1n) is 0.725. The Balaban J connectivity index is 3.02. The summed E-state index contributed by atoms with van der Waals surface area (Å²) in [7, 11) is 0. The molecule has 0 rings (SSSR count). The van der Waals surface area contributed by atoms with E-state index in [2.05, 4.69) is 19.2 Å². The van der Waals surface area contributed by atoms with E-state index in [9.17, 15) is 0 Å². The van der Waals surface area contributed by atoms with Crippen molar-refractivity contribution in [2.75, 3.05) is 0 Å². The third kappa shape index (κ3) is 29.4. The Kier molecular flexibility index (Phi) is 2.62. The van der Waals surface area contributed by atoms with E-state index in [0.717, 1.165) is 0 Å². The van der Waals surface area contributed by atoms with Crippen LogP contribution in [0.1, 0.15) is 0 Å². The quantitative estimate of drug-likeness (QED) is 0.435. The number of halogens is 3. The maximum absolute atomic E-state index is 4.99. The summed E-state index contributed by atoms with van der Waals surface area (Å²) in [5, 5.41) is 0. The van der Waals surface area contributed by atoms with Gasteiger partial charge in [0.2, 0.25) is 0 Å². The van der Waals surface area contributed by atoms with Crippen molar-refractivity contribution in [3.63, 3.8) is 0 Å². The van der Waals surface area contributed by atoms with E-state index in [1.165, 1.54) is 0 Å². The third-order valence-corrected chi connectivity index (χ3v) is 0. The van der Waals surface area contributed by atoms with E-state index in [1.54, 1.807) is 0 Å². The van der Waals surface area contributed by atoms with Crippen molar-refractivity contribution < 1.29 is 19.2 Å². The Bertz CT molecular complexity index is 22.4. The van der Waals surface area contributed by atoms with Crippen LogP contribution in [-0.4, -0.2) is 2.27 Å². The first kappa shape index (κ1) is 6.53. The minimum absolute atomic E-state index is 1.23. The molecule has 0 fully saturated rings. The average molecular weight is 225 g/mol. The Labute approximate surface area is 56.2 Å². The van der Waals surface area contributed by atoms with Crippen molar-refractivity contribution in [3.05, 3.63) is 0 Å². The summed E-state index contributed by atoms with van der Waals surface area (Å²) in [6.45, 7) is 0. The molecule has 0 N–H and O–H groups in total. The standard InChI is InChI=1S/CCl3.Pd/c2-1(3)4;. The van der Waals surface area contributed by atoms with E-state index < -0.39 is 2.27 Å². The molecule has 0 radical (unpaired) electrons. The van der Waals surface area contributed by atoms with Crippen LogP contribution in [0, 0.1) is 0 Å². The third-order valence-electron chi connectivity index (χ3n) is 0. The van der Waals surface area contributed by atoms with Gasteiger partial charge in [0.1, 0.15) is 0 Å². The molecule has 0 aliphatic heterocycles. The van der Waals surface area contributed by atoms with E-state index in [0.29, 0.717) is 0 Å². The summed E-state index contributed by atoms with van der Waals surface area (Å²) in [4.78, 5) is 0. The van der Waals surface area contributed by atoms with Crippen molar-refractivity contribution in [1.82, 2.24) is 0 Å². The SMILES string of the molecule is Cl[C](Cl)(Cl)[Pd]. The number of hydrogen-bond acceptors (Lipinski definition) is 0. The summed E-state index contributed by atoms with van der Waals surface area (Å²) in [5.41, 5.74) is 0. The fraction of sp³-hybridized carbons (Fsp3) is 1.00. The van der Waals surface area contributed by atoms with Gasteiger partial charge >= 0.3 is 56.3 Å². The molecule has 0 unspecified atom stereocenters. The van der Waals surface area contributed by atoms with Gasteiger partial charge in [-0.25, -0.2) is 0 Å². The second-order valence-electron chi connectivity index (χ2n) is 0.394. The van der Waals surface area contributed by atoms with Crippen molar-refractivity contribution in [2.45, 2.75) is 2.27 Å². The van der Waals surface area contributed by atoms with Gasteiger partial charge in [-0.3, -0.25) is 0 Å². The average Bonchev–Trinajstić information content (AvgIpc) is 0.722. The molecule has 0 atom stereocenters. The fourth-order valence-corrected chi connectivity index (χ4v) is 0. The van der Waals surface area contributed by atoms with E-state index >= 15 is 0 Å². The van der Waals surface area contributed by atoms with Crippen LogP contribution in [0.3, 0.4) is 0 Å². The van der Waals surface area contributed by atoms with Gasteiger partial charge < -0.3 is 0 Å². The van der Waals surface area contributed by atoms with E-state index in [1.807, 2.05) is 0 Å². The molecule has 4 heteroatoms. The summed E-state index contributed by atoms with van der Waals surface area (Å²) in [5.74, 6) is 0. The molecule has 0 amide bonds. The van der Waals surface area contributed by atoms with Gasteiger partial charge in [-0.15, -0.1) is 0 Å². The van der Waals surface area contributed by atoms with Crippen LogP contribution in [0.5, 0.6) is 0 Å². The molecular weight excluding hydrogens is 225 g/mol. The monoisotopic (exact) mass is 223 g/mol. The van der Waals surface area contributed by atoms with Gasteiger partial charge in [0.05, 0.1) is 0 Å². The Morgan fingerprint density at radius 1 is 1.20 bits per heavy atom. The molecule has 0 aliphatic rings. The molecule has 0 aromatic rings. The molecule has 35 valence electrons. The van der Waals surface area contributed by atoms with Crippen LogP contribution in [0.4, 0.5) is 0 Å². The Hall–Kier alpha value is 1.53. The van der Waals surface area contributed by atoms with Crippen molar-refractivity contribution in [2.24, 2.45) is 0 Å². The first-order valence-corrected chi connectivity index (χ1v) is 2.64. The normalized spacial score (nSPS) is 12.2. The van der Waals surface area contributed by atoms with Crippen LogP contribution in [-0.2, 0) is 19.2 Å². The minimum atomic E-state index is -1.23. The summed E-state index contributed by atoms with van der Waals surface area (Å²) >= 11 is 17.4. The number of rotatable bonds is 0. The van der Waals surface area contributed by atoms with Gasteiger partial charge in [-0.2, -0.15) is 0 Å². The van der Waals surface area contributed by atoms with Crippen LogP contribution in [0.15, 0.2) is 0 Å². The zero-order valence-corrected chi connectivity index (χ0v) is 5.77. The molecule has 0 nitrogen and oxygen atoms in total. The molecule has 0 heterocycles. The molecule has 5 heavy (non-hydrogen) atoms. The molecule has 0 spiro atoms. The zero-order valence-electron chi connectivity index (χ0n) is 1.95. The van der Waals surface area contributed by atoms with Crippen molar-refractivity contribution in [3.8, 4) is 0 Å². The Morgan fingerprint density at radius 3 is 1.20 bits per heavy atom. The van der Waals surface area contributed by atoms with Crippen LogP contribution in [0.2, 0.25) is 0 Å². The van der Waals surface area contributed by atoms with Gasteiger partial charge in [0.25, 0.3) is 0 Å². The van der Waals surface area contributed by atoms with Crippen LogP contribution in [0.25, 0.3) is 0 Å². The second-order valence-corrected chi connectivity index (χ2v) is 5.11. The molecule has 0 saturated carbocycles. The van der Waals surface area contributed by atoms with E-state index in [4.69, 9.17) is 34.8 Å². The molecule has 0 aromatic heterocycles. The molecule has 0 bridgehead atoms. The topological polar surface area (TPSA) is 0 Å². The van der Waals surface area contributed by atoms with Gasteiger partial charge in [-0.05, 0) is 0 Å². The zero-order chi connectivity index (χ0) is 4.50. The summed E-state index contributed by atoms with van der Waals surface area (Å²) < 4.78 is -1.23. The molecular formula is CCl3Pd. The molecule has 0 aliphatic carbocycles. The second kappa shape index (κ2) is 2.00. The first-order chi connectivity index (χ1) is 2.00. The number of alkyl halides is 3. The van der Waals surface area contributed by atoms with Crippen molar-refractivity contribution in [1.29, 1.82) is 0 Å². The van der Waals surface area contributed by atoms with Gasteiger partial charge in [0.15, 0.2) is 0 Å². The summed E-state index contributed by atoms with van der Waals surface area (Å²) in [6.07, 6.45) is 0. The maximum atomic E-state index is 4.99. The summed E-state index contributed by atoms with van der Waals surface area (Å²) in [6, 6.07) is 0. The Morgan fingerprint density at radius 2 is 1.20 bits per heavy atom. The predicted molar refractivity (Wildman–Crippen MR) is 20.3 cm³/mol. The fourth-order valence-electron chi connectivity index (χ4n) is 0. The molecule has 0 aromatic carbocycles. The van der Waals surface area contributed by atoms with Crippen LogP contribution < -0.4 is 0 Å². The number of hydrogen-bond donors (Lipinski definition) is 0.